The first-order chi connectivity index (χ1) is 20.5. The fourth-order valence-electron chi connectivity index (χ4n) is 7.11. The van der Waals surface area contributed by atoms with Gasteiger partial charge in [-0.1, -0.05) is 78.3 Å². The van der Waals surface area contributed by atoms with Crippen molar-refractivity contribution in [2.75, 3.05) is 11.9 Å². The zero-order chi connectivity index (χ0) is 29.0. The molecule has 0 aromatic heterocycles. The Hall–Kier alpha value is -4.68. The molecule has 3 heterocycles. The number of carbonyl (C=O) groups is 3. The molecular formula is C35H27ClN2O4. The highest BCUT2D eigenvalue weighted by Gasteiger charge is 2.71. The molecule has 1 spiro atoms. The summed E-state index contributed by atoms with van der Waals surface area (Å²) >= 11 is 6.58. The molecule has 4 aromatic carbocycles. The molecule has 1 saturated heterocycles. The highest BCUT2D eigenvalue weighted by atomic mass is 35.5. The molecule has 42 heavy (non-hydrogen) atoms. The number of anilines is 1. The van der Waals surface area contributed by atoms with Gasteiger partial charge in [-0.05, 0) is 60.0 Å². The van der Waals surface area contributed by atoms with Crippen molar-refractivity contribution in [2.24, 2.45) is 5.92 Å². The Bertz CT molecular complexity index is 1800. The number of ether oxygens (including phenoxy) is 1. The number of amides is 1. The minimum absolute atomic E-state index is 0.290. The van der Waals surface area contributed by atoms with E-state index in [1.165, 1.54) is 0 Å². The molecule has 0 bridgehead atoms. The largest absolute Gasteiger partial charge is 0.493 e. The quantitative estimate of drug-likeness (QED) is 0.259. The van der Waals surface area contributed by atoms with Gasteiger partial charge in [0.15, 0.2) is 11.6 Å². The van der Waals surface area contributed by atoms with Gasteiger partial charge in [0.1, 0.15) is 17.2 Å². The SMILES string of the molecule is CCOc1ccccc1C(=O)[C@H]1[C@@H](C(=O)c2ccccc2Cl)N2C=Cc3ccccc3[C@@H]2[C@]12C(=O)Nc1ccccc12. The maximum atomic E-state index is 15.0. The second kappa shape index (κ2) is 10.00. The van der Waals surface area contributed by atoms with Crippen molar-refractivity contribution < 1.29 is 19.1 Å². The molecule has 6 nitrogen and oxygen atoms in total. The third kappa shape index (κ3) is 3.61. The molecule has 3 aliphatic heterocycles. The van der Waals surface area contributed by atoms with Crippen LogP contribution >= 0.6 is 11.6 Å². The van der Waals surface area contributed by atoms with Crippen LogP contribution in [0.2, 0.25) is 5.02 Å². The van der Waals surface area contributed by atoms with Crippen molar-refractivity contribution in [1.29, 1.82) is 0 Å². The molecule has 4 atom stereocenters. The van der Waals surface area contributed by atoms with Crippen LogP contribution < -0.4 is 10.1 Å². The summed E-state index contributed by atoms with van der Waals surface area (Å²) < 4.78 is 5.88. The number of para-hydroxylation sites is 2. The van der Waals surface area contributed by atoms with Crippen molar-refractivity contribution in [2.45, 2.75) is 24.4 Å². The monoisotopic (exact) mass is 574 g/mol. The molecule has 1 fully saturated rings. The van der Waals surface area contributed by atoms with Crippen LogP contribution in [0.3, 0.4) is 0 Å². The van der Waals surface area contributed by atoms with E-state index in [-0.39, 0.29) is 17.5 Å². The number of fused-ring (bicyclic) bond motifs is 6. The number of benzene rings is 4. The van der Waals surface area contributed by atoms with Gasteiger partial charge < -0.3 is 15.0 Å². The minimum atomic E-state index is -1.42. The number of rotatable bonds is 6. The highest BCUT2D eigenvalue weighted by molar-refractivity contribution is 6.34. The second-order valence-corrected chi connectivity index (χ2v) is 11.1. The van der Waals surface area contributed by atoms with E-state index in [2.05, 4.69) is 5.32 Å². The van der Waals surface area contributed by atoms with Crippen LogP contribution in [0.25, 0.3) is 6.08 Å². The van der Waals surface area contributed by atoms with Gasteiger partial charge in [-0.15, -0.1) is 0 Å². The lowest BCUT2D eigenvalue weighted by Crippen LogP contribution is -2.49. The molecule has 208 valence electrons. The zero-order valence-corrected chi connectivity index (χ0v) is 23.5. The van der Waals surface area contributed by atoms with E-state index in [1.807, 2.05) is 72.6 Å². The van der Waals surface area contributed by atoms with Crippen molar-refractivity contribution in [3.05, 3.63) is 136 Å². The molecule has 0 saturated carbocycles. The standard InChI is InChI=1S/C35H27ClN2O4/c1-2-42-28-18-10-6-14-24(28)31(39)29-30(32(40)23-13-5-8-16-26(23)36)38-20-19-21-11-3-4-12-22(21)33(38)35(29)25-15-7-9-17-27(25)37-34(35)41/h3-20,29-30,33H,2H2,1H3,(H,37,41)/t29-,30+,33-,35-/m1/s1. The lowest BCUT2D eigenvalue weighted by Gasteiger charge is -2.38. The Morgan fingerprint density at radius 3 is 2.38 bits per heavy atom. The smallest absolute Gasteiger partial charge is 0.238 e. The first-order valence-electron chi connectivity index (χ1n) is 14.0. The van der Waals surface area contributed by atoms with Gasteiger partial charge in [-0.3, -0.25) is 14.4 Å². The molecule has 1 amide bonds. The van der Waals surface area contributed by atoms with Crippen molar-refractivity contribution in [1.82, 2.24) is 4.90 Å². The molecule has 4 aromatic rings. The fourth-order valence-corrected chi connectivity index (χ4v) is 7.34. The van der Waals surface area contributed by atoms with E-state index in [0.29, 0.717) is 39.8 Å². The van der Waals surface area contributed by atoms with E-state index in [1.54, 1.807) is 48.5 Å². The third-order valence-corrected chi connectivity index (χ3v) is 9.04. The average Bonchev–Trinajstić information content (AvgIpc) is 3.49. The van der Waals surface area contributed by atoms with E-state index in [4.69, 9.17) is 16.3 Å². The summed E-state index contributed by atoms with van der Waals surface area (Å²) in [5.41, 5.74) is 2.34. The number of Topliss-reactive ketones (excluding diaryl/α,β-unsaturated/α-hetero) is 2. The molecular weight excluding hydrogens is 548 g/mol. The van der Waals surface area contributed by atoms with Gasteiger partial charge in [0.25, 0.3) is 0 Å². The Balaban J connectivity index is 1.55. The normalized spacial score (nSPS) is 23.2. The Kier molecular flexibility index (Phi) is 6.24. The number of hydrogen-bond donors (Lipinski definition) is 1. The van der Waals surface area contributed by atoms with Gasteiger partial charge in [-0.25, -0.2) is 0 Å². The number of nitrogens with zero attached hydrogens (tertiary/aromatic N) is 1. The van der Waals surface area contributed by atoms with Gasteiger partial charge in [0.05, 0.1) is 29.2 Å². The summed E-state index contributed by atoms with van der Waals surface area (Å²) in [4.78, 5) is 46.2. The summed E-state index contributed by atoms with van der Waals surface area (Å²) in [5.74, 6) is -1.66. The maximum Gasteiger partial charge on any atom is 0.238 e. The summed E-state index contributed by atoms with van der Waals surface area (Å²) in [6, 6.07) is 27.5. The summed E-state index contributed by atoms with van der Waals surface area (Å²) in [5, 5.41) is 3.36. The lowest BCUT2D eigenvalue weighted by atomic mass is 9.62. The van der Waals surface area contributed by atoms with Gasteiger partial charge >= 0.3 is 0 Å². The van der Waals surface area contributed by atoms with Crippen LogP contribution in [0.4, 0.5) is 5.69 Å². The first-order valence-corrected chi connectivity index (χ1v) is 14.4. The first kappa shape index (κ1) is 26.2. The predicted octanol–water partition coefficient (Wildman–Crippen LogP) is 6.72. The van der Waals surface area contributed by atoms with Crippen LogP contribution in [-0.4, -0.2) is 35.0 Å². The highest BCUT2D eigenvalue weighted by Crippen LogP contribution is 2.62. The Morgan fingerprint density at radius 1 is 0.881 bits per heavy atom. The number of ketones is 2. The van der Waals surface area contributed by atoms with Crippen molar-refractivity contribution in [3.8, 4) is 5.75 Å². The number of hydrogen-bond acceptors (Lipinski definition) is 5. The lowest BCUT2D eigenvalue weighted by molar-refractivity contribution is -0.122. The third-order valence-electron chi connectivity index (χ3n) is 8.71. The molecule has 1 N–H and O–H groups in total. The van der Waals surface area contributed by atoms with Crippen LogP contribution in [0.15, 0.2) is 103 Å². The summed E-state index contributed by atoms with van der Waals surface area (Å²) in [7, 11) is 0. The molecule has 0 radical (unpaired) electrons. The van der Waals surface area contributed by atoms with Crippen molar-refractivity contribution >= 4 is 40.8 Å². The Labute approximate surface area is 248 Å². The zero-order valence-electron chi connectivity index (χ0n) is 22.8. The van der Waals surface area contributed by atoms with Crippen LogP contribution in [0, 0.1) is 5.92 Å². The van der Waals surface area contributed by atoms with E-state index in [9.17, 15) is 9.59 Å². The van der Waals surface area contributed by atoms with E-state index < -0.39 is 23.4 Å². The summed E-state index contributed by atoms with van der Waals surface area (Å²) in [6.07, 6.45) is 3.79. The molecule has 3 aliphatic rings. The van der Waals surface area contributed by atoms with Crippen LogP contribution in [0.1, 0.15) is 50.4 Å². The molecule has 0 aliphatic carbocycles. The minimum Gasteiger partial charge on any atom is -0.493 e. The molecule has 7 heteroatoms. The second-order valence-electron chi connectivity index (χ2n) is 10.7. The fraction of sp³-hybridized carbons (Fsp3) is 0.171. The maximum absolute atomic E-state index is 15.0. The number of carbonyl (C=O) groups excluding carboxylic acids is 3. The van der Waals surface area contributed by atoms with Gasteiger partial charge in [0.2, 0.25) is 5.91 Å². The van der Waals surface area contributed by atoms with Crippen LogP contribution in [-0.2, 0) is 10.2 Å². The topological polar surface area (TPSA) is 75.7 Å². The Morgan fingerprint density at radius 2 is 1.57 bits per heavy atom. The van der Waals surface area contributed by atoms with E-state index >= 15 is 4.79 Å². The van der Waals surface area contributed by atoms with E-state index in [0.717, 1.165) is 11.1 Å². The van der Waals surface area contributed by atoms with Crippen molar-refractivity contribution in [3.63, 3.8) is 0 Å². The number of halogens is 1. The molecule has 0 unspecified atom stereocenters. The predicted molar refractivity (Wildman–Crippen MR) is 162 cm³/mol. The van der Waals surface area contributed by atoms with Gasteiger partial charge in [-0.2, -0.15) is 0 Å². The molecule has 7 rings (SSSR count). The number of nitrogens with one attached hydrogen (secondary N) is 1. The summed E-state index contributed by atoms with van der Waals surface area (Å²) in [6.45, 7) is 2.21. The average molecular weight is 575 g/mol. The van der Waals surface area contributed by atoms with Crippen LogP contribution in [0.5, 0.6) is 5.75 Å². The van der Waals surface area contributed by atoms with Gasteiger partial charge in [0, 0.05) is 17.5 Å².